The van der Waals surface area contributed by atoms with Crippen molar-refractivity contribution in [3.63, 3.8) is 0 Å². The van der Waals surface area contributed by atoms with E-state index in [0.29, 0.717) is 0 Å². The minimum atomic E-state index is -0.103. The number of aliphatic hydroxyl groups is 1. The maximum atomic E-state index is 12.0. The first kappa shape index (κ1) is 22.5. The molecule has 150 valence electrons. The van der Waals surface area contributed by atoms with Crippen molar-refractivity contribution in [1.29, 1.82) is 0 Å². The molecule has 1 amide bonds. The molecule has 2 atom stereocenters. The highest BCUT2D eigenvalue weighted by atomic mass is 16.5. The summed E-state index contributed by atoms with van der Waals surface area (Å²) in [6, 6.07) is 15.5. The smallest absolute Gasteiger partial charge is 0.224 e. The summed E-state index contributed by atoms with van der Waals surface area (Å²) in [5, 5.41) is 11.7. The van der Waals surface area contributed by atoms with Gasteiger partial charge in [-0.25, -0.2) is 0 Å². The molecule has 1 aliphatic heterocycles. The third-order valence-electron chi connectivity index (χ3n) is 4.29. The molecule has 3 rings (SSSR count). The number of carbonyl (C=O) groups is 1. The molecule has 6 heteroatoms. The molecule has 0 aromatic heterocycles. The molecule has 0 fully saturated rings. The molecular weight excluding hydrogens is 344 g/mol. The van der Waals surface area contributed by atoms with E-state index < -0.39 is 0 Å². The molecule has 2 aromatic carbocycles. The number of hydrogen-bond donors (Lipinski definition) is 2. The number of hydrogen-bond acceptors (Lipinski definition) is 4. The maximum Gasteiger partial charge on any atom is 0.224 e. The Hall–Kier alpha value is -2.57. The van der Waals surface area contributed by atoms with Gasteiger partial charge in [-0.3, -0.25) is 4.79 Å². The topological polar surface area (TPSA) is 93.3 Å². The van der Waals surface area contributed by atoms with Crippen LogP contribution in [-0.4, -0.2) is 29.3 Å². The lowest BCUT2D eigenvalue weighted by molar-refractivity contribution is -0.117. The number of fused-ring (bicyclic) bond motifs is 1. The van der Waals surface area contributed by atoms with Crippen LogP contribution in [0.3, 0.4) is 0 Å². The molecular formula is C21H32N2O4. The third kappa shape index (κ3) is 5.21. The largest absolute Gasteiger partial charge is 0.486 e. The number of amides is 1. The number of aliphatic hydroxyl groups excluding tert-OH is 1. The number of anilines is 2. The first-order valence-electron chi connectivity index (χ1n) is 9.10. The van der Waals surface area contributed by atoms with E-state index in [4.69, 9.17) is 9.84 Å². The van der Waals surface area contributed by atoms with Crippen molar-refractivity contribution in [3.8, 4) is 5.75 Å². The van der Waals surface area contributed by atoms with Crippen LogP contribution in [0.15, 0.2) is 48.5 Å². The summed E-state index contributed by atoms with van der Waals surface area (Å²) in [5.74, 6) is 0.814. The van der Waals surface area contributed by atoms with Gasteiger partial charge in [-0.2, -0.15) is 0 Å². The lowest BCUT2D eigenvalue weighted by Crippen LogP contribution is -2.42. The minimum Gasteiger partial charge on any atom is -0.486 e. The van der Waals surface area contributed by atoms with Crippen LogP contribution in [0.25, 0.3) is 0 Å². The minimum absolute atomic E-state index is 0. The molecule has 1 aliphatic rings. The molecule has 0 aliphatic carbocycles. The van der Waals surface area contributed by atoms with Crippen LogP contribution in [0.1, 0.15) is 47.2 Å². The zero-order valence-electron chi connectivity index (χ0n) is 16.4. The summed E-state index contributed by atoms with van der Waals surface area (Å²) in [4.78, 5) is 13.8. The predicted octanol–water partition coefficient (Wildman–Crippen LogP) is 3.76. The van der Waals surface area contributed by atoms with E-state index in [9.17, 15) is 4.79 Å². The van der Waals surface area contributed by atoms with Gasteiger partial charge in [0, 0.05) is 32.1 Å². The standard InChI is InChI=1S/C19H22N2O3.C2H6.H2O.H2/c1-13-11-19(24-16-9-7-15(8-10-16)20-12-22)17-5-3-4-6-18(17)21(13)14(2)23;1-2;;/h3-10,13,19-20,22H,11-12H2,1-2H3;1-2H3;1H2;1H. The maximum absolute atomic E-state index is 12.0. The van der Waals surface area contributed by atoms with E-state index >= 15 is 0 Å². The second kappa shape index (κ2) is 10.5. The number of ether oxygens (including phenoxy) is 1. The summed E-state index contributed by atoms with van der Waals surface area (Å²) in [5.41, 5.74) is 2.79. The lowest BCUT2D eigenvalue weighted by Gasteiger charge is -2.38. The van der Waals surface area contributed by atoms with Gasteiger partial charge in [0.1, 0.15) is 18.6 Å². The molecule has 0 saturated carbocycles. The number of carbonyl (C=O) groups excluding carboxylic acids is 1. The highest BCUT2D eigenvalue weighted by molar-refractivity contribution is 5.93. The Morgan fingerprint density at radius 2 is 1.85 bits per heavy atom. The fourth-order valence-electron chi connectivity index (χ4n) is 3.26. The lowest BCUT2D eigenvalue weighted by atomic mass is 9.93. The Balaban J connectivity index is 0.00000177. The van der Waals surface area contributed by atoms with E-state index in [1.165, 1.54) is 0 Å². The monoisotopic (exact) mass is 376 g/mol. The van der Waals surface area contributed by atoms with Gasteiger partial charge in [-0.15, -0.1) is 0 Å². The normalized spacial score (nSPS) is 17.6. The number of nitrogens with one attached hydrogen (secondary N) is 1. The molecule has 2 unspecified atom stereocenters. The van der Waals surface area contributed by atoms with E-state index in [1.54, 1.807) is 6.92 Å². The van der Waals surface area contributed by atoms with Crippen LogP contribution in [0.5, 0.6) is 5.75 Å². The van der Waals surface area contributed by atoms with Crippen molar-refractivity contribution in [3.05, 3.63) is 54.1 Å². The highest BCUT2D eigenvalue weighted by Crippen LogP contribution is 2.39. The van der Waals surface area contributed by atoms with Crippen LogP contribution in [0.4, 0.5) is 11.4 Å². The first-order chi connectivity index (χ1) is 12.6. The zero-order valence-corrected chi connectivity index (χ0v) is 16.4. The van der Waals surface area contributed by atoms with Gasteiger partial charge in [0.15, 0.2) is 0 Å². The van der Waals surface area contributed by atoms with Gasteiger partial charge in [0.2, 0.25) is 5.91 Å². The van der Waals surface area contributed by atoms with Crippen molar-refractivity contribution in [2.45, 2.75) is 46.3 Å². The molecule has 0 radical (unpaired) electrons. The molecule has 6 nitrogen and oxygen atoms in total. The summed E-state index contributed by atoms with van der Waals surface area (Å²) < 4.78 is 6.19. The Kier molecular flexibility index (Phi) is 8.78. The summed E-state index contributed by atoms with van der Waals surface area (Å²) in [6.45, 7) is 7.54. The summed E-state index contributed by atoms with van der Waals surface area (Å²) >= 11 is 0. The molecule has 2 aromatic rings. The Morgan fingerprint density at radius 1 is 1.22 bits per heavy atom. The van der Waals surface area contributed by atoms with E-state index in [2.05, 4.69) is 5.32 Å². The van der Waals surface area contributed by atoms with Gasteiger partial charge in [-0.1, -0.05) is 32.0 Å². The molecule has 1 heterocycles. The van der Waals surface area contributed by atoms with Gasteiger partial charge >= 0.3 is 0 Å². The molecule has 0 spiro atoms. The number of rotatable bonds is 4. The molecule has 0 saturated heterocycles. The Labute approximate surface area is 162 Å². The SMILES string of the molecule is CC.CC(=O)N1c2ccccc2C(Oc2ccc(NCO)cc2)CC1C.O.[HH]. The predicted molar refractivity (Wildman–Crippen MR) is 111 cm³/mol. The quantitative estimate of drug-likeness (QED) is 0.795. The van der Waals surface area contributed by atoms with Crippen molar-refractivity contribution >= 4 is 17.3 Å². The summed E-state index contributed by atoms with van der Waals surface area (Å²) in [7, 11) is 0. The van der Waals surface area contributed by atoms with Gasteiger partial charge < -0.3 is 25.5 Å². The van der Waals surface area contributed by atoms with Crippen molar-refractivity contribution < 1.29 is 21.5 Å². The van der Waals surface area contributed by atoms with Crippen molar-refractivity contribution in [2.75, 3.05) is 16.9 Å². The number of para-hydroxylation sites is 1. The Bertz CT molecular complexity index is 725. The molecule has 4 N–H and O–H groups in total. The van der Waals surface area contributed by atoms with Crippen LogP contribution in [0.2, 0.25) is 0 Å². The van der Waals surface area contributed by atoms with E-state index in [1.807, 2.05) is 74.2 Å². The Morgan fingerprint density at radius 3 is 2.44 bits per heavy atom. The first-order valence-corrected chi connectivity index (χ1v) is 9.10. The number of benzene rings is 2. The van der Waals surface area contributed by atoms with Crippen molar-refractivity contribution in [1.82, 2.24) is 0 Å². The zero-order chi connectivity index (χ0) is 19.1. The van der Waals surface area contributed by atoms with Crippen LogP contribution in [0, 0.1) is 0 Å². The van der Waals surface area contributed by atoms with Gasteiger partial charge in [0.05, 0.1) is 5.69 Å². The highest BCUT2D eigenvalue weighted by Gasteiger charge is 2.33. The van der Waals surface area contributed by atoms with E-state index in [-0.39, 0.29) is 31.7 Å². The van der Waals surface area contributed by atoms with Crippen LogP contribution < -0.4 is 15.0 Å². The average molecular weight is 376 g/mol. The molecule has 0 bridgehead atoms. The molecule has 27 heavy (non-hydrogen) atoms. The van der Waals surface area contributed by atoms with Gasteiger partial charge in [-0.05, 0) is 37.3 Å². The van der Waals surface area contributed by atoms with Crippen LogP contribution >= 0.6 is 0 Å². The van der Waals surface area contributed by atoms with E-state index in [0.717, 1.165) is 29.1 Å². The fourth-order valence-corrected chi connectivity index (χ4v) is 3.26. The fraction of sp³-hybridized carbons (Fsp3) is 0.381. The summed E-state index contributed by atoms with van der Waals surface area (Å²) in [6.07, 6.45) is 0.649. The number of nitrogens with zero attached hydrogens (tertiary/aromatic N) is 1. The second-order valence-electron chi connectivity index (χ2n) is 6.00. The average Bonchev–Trinajstić information content (AvgIpc) is 2.65. The third-order valence-corrected chi connectivity index (χ3v) is 4.29. The van der Waals surface area contributed by atoms with Gasteiger partial charge in [0.25, 0.3) is 0 Å². The van der Waals surface area contributed by atoms with Crippen LogP contribution in [-0.2, 0) is 4.79 Å². The van der Waals surface area contributed by atoms with Crippen molar-refractivity contribution in [2.24, 2.45) is 0 Å². The second-order valence-corrected chi connectivity index (χ2v) is 6.00.